The lowest BCUT2D eigenvalue weighted by atomic mass is 10.2. The molecule has 9 heteroatoms. The molecule has 130 valence electrons. The first kappa shape index (κ1) is 17.7. The summed E-state index contributed by atoms with van der Waals surface area (Å²) in [6, 6.07) is -1.64. The van der Waals surface area contributed by atoms with Crippen LogP contribution in [-0.2, 0) is 11.3 Å². The van der Waals surface area contributed by atoms with Crippen LogP contribution in [0.4, 0.5) is 13.2 Å². The van der Waals surface area contributed by atoms with Gasteiger partial charge in [0, 0.05) is 51.9 Å². The molecule has 0 spiro atoms. The van der Waals surface area contributed by atoms with E-state index in [2.05, 4.69) is 15.7 Å². The zero-order valence-corrected chi connectivity index (χ0v) is 13.1. The van der Waals surface area contributed by atoms with Crippen LogP contribution in [-0.4, -0.2) is 65.5 Å². The maximum atomic E-state index is 13.2. The van der Waals surface area contributed by atoms with Crippen LogP contribution in [0.15, 0.2) is 12.4 Å². The number of rotatable bonds is 6. The highest BCUT2D eigenvalue weighted by Gasteiger charge is 2.43. The summed E-state index contributed by atoms with van der Waals surface area (Å²) in [5.74, 6) is -0.400. The number of nitrogens with zero attached hydrogens (tertiary/aromatic N) is 3. The molecule has 1 amide bonds. The molecular formula is C14H22F3N5O. The van der Waals surface area contributed by atoms with E-state index in [0.717, 1.165) is 5.56 Å². The van der Waals surface area contributed by atoms with E-state index in [0.29, 0.717) is 32.7 Å². The molecule has 23 heavy (non-hydrogen) atoms. The third kappa shape index (κ3) is 5.51. The van der Waals surface area contributed by atoms with Gasteiger partial charge in [-0.1, -0.05) is 0 Å². The molecular weight excluding hydrogens is 311 g/mol. The first-order valence-electron chi connectivity index (χ1n) is 7.63. The molecule has 6 nitrogen and oxygen atoms in total. The Morgan fingerprint density at radius 2 is 2.13 bits per heavy atom. The summed E-state index contributed by atoms with van der Waals surface area (Å²) in [5, 5.41) is 9.46. The highest BCUT2D eigenvalue weighted by molar-refractivity contribution is 5.75. The molecule has 1 fully saturated rings. The van der Waals surface area contributed by atoms with Crippen LogP contribution >= 0.6 is 0 Å². The third-order valence-electron chi connectivity index (χ3n) is 3.79. The lowest BCUT2D eigenvalue weighted by molar-refractivity contribution is -0.184. The van der Waals surface area contributed by atoms with Gasteiger partial charge in [0.1, 0.15) is 6.04 Å². The van der Waals surface area contributed by atoms with Gasteiger partial charge in [0.15, 0.2) is 0 Å². The van der Waals surface area contributed by atoms with Crippen molar-refractivity contribution in [3.63, 3.8) is 0 Å². The molecule has 0 bridgehead atoms. The SMILES string of the molecule is Cc1cnn(CCC(=O)NCC(N2CCNCC2)C(F)(F)F)c1. The van der Waals surface area contributed by atoms with Crippen molar-refractivity contribution >= 4 is 5.91 Å². The molecule has 0 aromatic carbocycles. The number of alkyl halides is 3. The molecule has 2 N–H and O–H groups in total. The minimum atomic E-state index is -4.36. The maximum Gasteiger partial charge on any atom is 0.405 e. The Balaban J connectivity index is 1.81. The first-order chi connectivity index (χ1) is 10.9. The van der Waals surface area contributed by atoms with Crippen molar-refractivity contribution < 1.29 is 18.0 Å². The van der Waals surface area contributed by atoms with E-state index in [1.165, 1.54) is 4.90 Å². The smallest absolute Gasteiger partial charge is 0.354 e. The summed E-state index contributed by atoms with van der Waals surface area (Å²) in [7, 11) is 0. The summed E-state index contributed by atoms with van der Waals surface area (Å²) in [5.41, 5.74) is 0.973. The van der Waals surface area contributed by atoms with Gasteiger partial charge in [-0.2, -0.15) is 18.3 Å². The van der Waals surface area contributed by atoms with E-state index in [4.69, 9.17) is 0 Å². The van der Waals surface area contributed by atoms with Crippen molar-refractivity contribution in [1.29, 1.82) is 0 Å². The largest absolute Gasteiger partial charge is 0.405 e. The highest BCUT2D eigenvalue weighted by atomic mass is 19.4. The monoisotopic (exact) mass is 333 g/mol. The van der Waals surface area contributed by atoms with Crippen LogP contribution in [0, 0.1) is 6.92 Å². The van der Waals surface area contributed by atoms with Crippen LogP contribution in [0.1, 0.15) is 12.0 Å². The second-order valence-corrected chi connectivity index (χ2v) is 5.68. The predicted octanol–water partition coefficient (Wildman–Crippen LogP) is 0.534. The predicted molar refractivity (Wildman–Crippen MR) is 78.9 cm³/mol. The number of nitrogens with one attached hydrogen (secondary N) is 2. The van der Waals surface area contributed by atoms with E-state index in [-0.39, 0.29) is 6.42 Å². The van der Waals surface area contributed by atoms with E-state index in [1.807, 2.05) is 6.92 Å². The third-order valence-corrected chi connectivity index (χ3v) is 3.79. The highest BCUT2D eigenvalue weighted by Crippen LogP contribution is 2.24. The fraction of sp³-hybridized carbons (Fsp3) is 0.714. The Morgan fingerprint density at radius 1 is 1.43 bits per heavy atom. The Hall–Kier alpha value is -1.61. The van der Waals surface area contributed by atoms with Crippen molar-refractivity contribution in [1.82, 2.24) is 25.3 Å². The number of carbonyl (C=O) groups excluding carboxylic acids is 1. The molecule has 0 aliphatic carbocycles. The van der Waals surface area contributed by atoms with Crippen LogP contribution in [0.25, 0.3) is 0 Å². The van der Waals surface area contributed by atoms with Gasteiger partial charge in [-0.25, -0.2) is 0 Å². The number of aryl methyl sites for hydroxylation is 2. The fourth-order valence-corrected chi connectivity index (χ4v) is 2.55. The first-order valence-corrected chi connectivity index (χ1v) is 7.63. The molecule has 1 aliphatic heterocycles. The zero-order chi connectivity index (χ0) is 16.9. The molecule has 1 unspecified atom stereocenters. The number of hydrogen-bond donors (Lipinski definition) is 2. The van der Waals surface area contributed by atoms with E-state index >= 15 is 0 Å². The zero-order valence-electron chi connectivity index (χ0n) is 13.1. The van der Waals surface area contributed by atoms with Crippen LogP contribution in [0.5, 0.6) is 0 Å². The lowest BCUT2D eigenvalue weighted by Gasteiger charge is -2.35. The average molecular weight is 333 g/mol. The number of amides is 1. The summed E-state index contributed by atoms with van der Waals surface area (Å²) in [4.78, 5) is 13.2. The number of hydrogen-bond acceptors (Lipinski definition) is 4. The second-order valence-electron chi connectivity index (χ2n) is 5.68. The Morgan fingerprint density at radius 3 is 2.70 bits per heavy atom. The molecule has 2 rings (SSSR count). The standard InChI is InChI=1S/C14H22F3N5O/c1-11-8-20-22(10-11)5-2-13(23)19-9-12(14(15,16)17)21-6-3-18-4-7-21/h8,10,12,18H,2-7,9H2,1H3,(H,19,23). The summed E-state index contributed by atoms with van der Waals surface area (Å²) >= 11 is 0. The molecule has 1 aromatic heterocycles. The fourth-order valence-electron chi connectivity index (χ4n) is 2.55. The van der Waals surface area contributed by atoms with Crippen molar-refractivity contribution in [3.8, 4) is 0 Å². The van der Waals surface area contributed by atoms with Crippen molar-refractivity contribution in [2.45, 2.75) is 32.1 Å². The molecule has 1 aliphatic rings. The van der Waals surface area contributed by atoms with Crippen LogP contribution in [0.2, 0.25) is 0 Å². The van der Waals surface area contributed by atoms with Gasteiger partial charge in [-0.05, 0) is 12.5 Å². The number of halogens is 3. The number of piperazine rings is 1. The summed E-state index contributed by atoms with van der Waals surface area (Å²) in [6.45, 7) is 3.52. The quantitative estimate of drug-likeness (QED) is 0.797. The number of carbonyl (C=O) groups is 1. The molecule has 0 radical (unpaired) electrons. The topological polar surface area (TPSA) is 62.2 Å². The van der Waals surface area contributed by atoms with E-state index in [9.17, 15) is 18.0 Å². The van der Waals surface area contributed by atoms with Crippen molar-refractivity contribution in [2.24, 2.45) is 0 Å². The Labute approximate surface area is 133 Å². The molecule has 1 aromatic rings. The maximum absolute atomic E-state index is 13.2. The van der Waals surface area contributed by atoms with Gasteiger partial charge in [-0.15, -0.1) is 0 Å². The van der Waals surface area contributed by atoms with E-state index in [1.54, 1.807) is 17.1 Å². The molecule has 1 atom stereocenters. The van der Waals surface area contributed by atoms with Gasteiger partial charge < -0.3 is 10.6 Å². The van der Waals surface area contributed by atoms with Gasteiger partial charge in [-0.3, -0.25) is 14.4 Å². The van der Waals surface area contributed by atoms with Gasteiger partial charge in [0.05, 0.1) is 6.20 Å². The Bertz CT molecular complexity index is 511. The van der Waals surface area contributed by atoms with Gasteiger partial charge in [0.2, 0.25) is 5.91 Å². The minimum absolute atomic E-state index is 0.104. The molecule has 2 heterocycles. The second kappa shape index (κ2) is 7.78. The number of aromatic nitrogens is 2. The molecule has 0 saturated carbocycles. The van der Waals surface area contributed by atoms with Crippen LogP contribution < -0.4 is 10.6 Å². The van der Waals surface area contributed by atoms with Crippen molar-refractivity contribution in [2.75, 3.05) is 32.7 Å². The van der Waals surface area contributed by atoms with Crippen molar-refractivity contribution in [3.05, 3.63) is 18.0 Å². The summed E-state index contributed by atoms with van der Waals surface area (Å²) < 4.78 is 41.1. The minimum Gasteiger partial charge on any atom is -0.354 e. The van der Waals surface area contributed by atoms with Crippen LogP contribution in [0.3, 0.4) is 0 Å². The van der Waals surface area contributed by atoms with E-state index < -0.39 is 24.7 Å². The summed E-state index contributed by atoms with van der Waals surface area (Å²) in [6.07, 6.45) is -0.800. The van der Waals surface area contributed by atoms with Gasteiger partial charge >= 0.3 is 6.18 Å². The van der Waals surface area contributed by atoms with Gasteiger partial charge in [0.25, 0.3) is 0 Å². The lowest BCUT2D eigenvalue weighted by Crippen LogP contribution is -2.57. The Kier molecular flexibility index (Phi) is 6.00. The normalized spacial score (nSPS) is 17.9. The molecule has 1 saturated heterocycles. The average Bonchev–Trinajstić information content (AvgIpc) is 2.91.